The summed E-state index contributed by atoms with van der Waals surface area (Å²) in [5.41, 5.74) is 5.27. The van der Waals surface area contributed by atoms with Gasteiger partial charge >= 0.3 is 0 Å². The lowest BCUT2D eigenvalue weighted by Gasteiger charge is -2.11. The third-order valence-electron chi connectivity index (χ3n) is 4.68. The number of nitrogens with zero attached hydrogens (tertiary/aromatic N) is 2. The molecule has 0 aliphatic carbocycles. The first-order valence-electron chi connectivity index (χ1n) is 9.24. The Labute approximate surface area is 167 Å². The number of fused-ring (bicyclic) bond motifs is 1. The molecule has 0 saturated carbocycles. The number of amides is 1. The molecule has 2 aromatic heterocycles. The Kier molecular flexibility index (Phi) is 4.99. The molecule has 29 heavy (non-hydrogen) atoms. The zero-order valence-corrected chi connectivity index (χ0v) is 16.1. The standard InChI is InChI=1S/C23H20FN3O2/c1-15-9-10-17(20-13-27-11-5-6-16(2)23(27)26-20)12-19(15)25-22(28)14-29-21-8-4-3-7-18(21)24/h3-13H,14H2,1-2H3,(H,25,28). The second-order valence-electron chi connectivity index (χ2n) is 6.85. The van der Waals surface area contributed by atoms with E-state index in [4.69, 9.17) is 9.72 Å². The molecule has 0 saturated heterocycles. The Morgan fingerprint density at radius 3 is 2.72 bits per heavy atom. The van der Waals surface area contributed by atoms with Gasteiger partial charge in [-0.2, -0.15) is 0 Å². The maximum absolute atomic E-state index is 13.6. The second-order valence-corrected chi connectivity index (χ2v) is 6.85. The van der Waals surface area contributed by atoms with Crippen LogP contribution in [0.25, 0.3) is 16.9 Å². The lowest BCUT2D eigenvalue weighted by Crippen LogP contribution is -2.21. The molecular formula is C23H20FN3O2. The maximum atomic E-state index is 13.6. The van der Waals surface area contributed by atoms with E-state index in [2.05, 4.69) is 5.32 Å². The first kappa shape index (κ1) is 18.7. The molecular weight excluding hydrogens is 369 g/mol. The molecule has 0 atom stereocenters. The van der Waals surface area contributed by atoms with Gasteiger partial charge in [-0.15, -0.1) is 0 Å². The molecule has 0 unspecified atom stereocenters. The van der Waals surface area contributed by atoms with Gasteiger partial charge in [-0.3, -0.25) is 4.79 Å². The van der Waals surface area contributed by atoms with Gasteiger partial charge in [0.2, 0.25) is 0 Å². The first-order chi connectivity index (χ1) is 14.0. The van der Waals surface area contributed by atoms with E-state index in [-0.39, 0.29) is 18.3 Å². The summed E-state index contributed by atoms with van der Waals surface area (Å²) in [6, 6.07) is 15.8. The number of benzene rings is 2. The summed E-state index contributed by atoms with van der Waals surface area (Å²) in [7, 11) is 0. The molecule has 0 aliphatic heterocycles. The van der Waals surface area contributed by atoms with Crippen LogP contribution >= 0.6 is 0 Å². The van der Waals surface area contributed by atoms with E-state index in [0.29, 0.717) is 5.69 Å². The summed E-state index contributed by atoms with van der Waals surface area (Å²) in [6.45, 7) is 3.64. The first-order valence-corrected chi connectivity index (χ1v) is 9.24. The molecule has 0 fully saturated rings. The van der Waals surface area contributed by atoms with Crippen LogP contribution in [0.3, 0.4) is 0 Å². The average molecular weight is 389 g/mol. The number of carbonyl (C=O) groups is 1. The van der Waals surface area contributed by atoms with E-state index in [1.807, 2.05) is 61.0 Å². The van der Waals surface area contributed by atoms with Gasteiger partial charge in [-0.25, -0.2) is 9.37 Å². The zero-order valence-electron chi connectivity index (χ0n) is 16.1. The minimum Gasteiger partial charge on any atom is -0.481 e. The van der Waals surface area contributed by atoms with Crippen molar-refractivity contribution in [2.24, 2.45) is 0 Å². The number of carbonyl (C=O) groups excluding carboxylic acids is 1. The molecule has 0 spiro atoms. The molecule has 0 radical (unpaired) electrons. The predicted molar refractivity (Wildman–Crippen MR) is 111 cm³/mol. The van der Waals surface area contributed by atoms with E-state index in [1.54, 1.807) is 12.1 Å². The van der Waals surface area contributed by atoms with Gasteiger partial charge in [0, 0.05) is 23.6 Å². The number of hydrogen-bond donors (Lipinski definition) is 1. The van der Waals surface area contributed by atoms with Gasteiger partial charge in [0.15, 0.2) is 18.2 Å². The number of ether oxygens (including phenoxy) is 1. The van der Waals surface area contributed by atoms with E-state index in [0.717, 1.165) is 28.0 Å². The summed E-state index contributed by atoms with van der Waals surface area (Å²) in [5.74, 6) is -0.812. The van der Waals surface area contributed by atoms with Crippen LogP contribution < -0.4 is 10.1 Å². The number of hydrogen-bond acceptors (Lipinski definition) is 3. The number of para-hydroxylation sites is 1. The third kappa shape index (κ3) is 3.96. The quantitative estimate of drug-likeness (QED) is 0.535. The predicted octanol–water partition coefficient (Wildman–Crippen LogP) is 4.77. The van der Waals surface area contributed by atoms with Crippen molar-refractivity contribution in [3.8, 4) is 17.0 Å². The fraction of sp³-hybridized carbons (Fsp3) is 0.130. The number of aromatic nitrogens is 2. The topological polar surface area (TPSA) is 55.6 Å². The van der Waals surface area contributed by atoms with Crippen LogP contribution in [0.5, 0.6) is 5.75 Å². The Hall–Kier alpha value is -3.67. The van der Waals surface area contributed by atoms with Crippen LogP contribution in [0, 0.1) is 19.7 Å². The van der Waals surface area contributed by atoms with Crippen molar-refractivity contribution in [3.63, 3.8) is 0 Å². The van der Waals surface area contributed by atoms with Gasteiger partial charge in [0.25, 0.3) is 5.91 Å². The highest BCUT2D eigenvalue weighted by atomic mass is 19.1. The van der Waals surface area contributed by atoms with Gasteiger partial charge in [-0.05, 0) is 49.2 Å². The molecule has 1 N–H and O–H groups in total. The molecule has 0 bridgehead atoms. The fourth-order valence-electron chi connectivity index (χ4n) is 3.10. The van der Waals surface area contributed by atoms with Crippen LogP contribution in [-0.4, -0.2) is 21.9 Å². The normalized spacial score (nSPS) is 10.9. The average Bonchev–Trinajstić information content (AvgIpc) is 3.15. The fourth-order valence-corrected chi connectivity index (χ4v) is 3.10. The molecule has 5 nitrogen and oxygen atoms in total. The Balaban J connectivity index is 1.52. The van der Waals surface area contributed by atoms with E-state index < -0.39 is 5.82 Å². The van der Waals surface area contributed by atoms with Crippen molar-refractivity contribution in [1.29, 1.82) is 0 Å². The van der Waals surface area contributed by atoms with E-state index in [9.17, 15) is 9.18 Å². The number of pyridine rings is 1. The molecule has 1 amide bonds. The summed E-state index contributed by atoms with van der Waals surface area (Å²) < 4.78 is 20.9. The van der Waals surface area contributed by atoms with Gasteiger partial charge in [-0.1, -0.05) is 30.3 Å². The smallest absolute Gasteiger partial charge is 0.262 e. The number of anilines is 1. The zero-order chi connectivity index (χ0) is 20.4. The number of halogens is 1. The van der Waals surface area contributed by atoms with Gasteiger partial charge < -0.3 is 14.5 Å². The minimum atomic E-state index is -0.499. The van der Waals surface area contributed by atoms with Crippen LogP contribution in [0.15, 0.2) is 67.0 Å². The Bertz CT molecular complexity index is 1200. The van der Waals surface area contributed by atoms with Crippen molar-refractivity contribution < 1.29 is 13.9 Å². The van der Waals surface area contributed by atoms with Crippen molar-refractivity contribution in [1.82, 2.24) is 9.38 Å². The Morgan fingerprint density at radius 1 is 1.10 bits per heavy atom. The van der Waals surface area contributed by atoms with Crippen LogP contribution in [0.2, 0.25) is 0 Å². The lowest BCUT2D eigenvalue weighted by atomic mass is 10.1. The highest BCUT2D eigenvalue weighted by Crippen LogP contribution is 2.26. The minimum absolute atomic E-state index is 0.0493. The molecule has 2 aromatic carbocycles. The van der Waals surface area contributed by atoms with Gasteiger partial charge in [0.05, 0.1) is 5.69 Å². The number of nitrogens with one attached hydrogen (secondary N) is 1. The monoisotopic (exact) mass is 389 g/mol. The summed E-state index contributed by atoms with van der Waals surface area (Å²) >= 11 is 0. The van der Waals surface area contributed by atoms with E-state index >= 15 is 0 Å². The molecule has 0 aliphatic rings. The van der Waals surface area contributed by atoms with Crippen LogP contribution in [0.1, 0.15) is 11.1 Å². The highest BCUT2D eigenvalue weighted by Gasteiger charge is 2.11. The highest BCUT2D eigenvalue weighted by molar-refractivity contribution is 5.93. The van der Waals surface area contributed by atoms with E-state index in [1.165, 1.54) is 12.1 Å². The molecule has 146 valence electrons. The molecule has 6 heteroatoms. The maximum Gasteiger partial charge on any atom is 0.262 e. The van der Waals surface area contributed by atoms with Crippen molar-refractivity contribution in [3.05, 3.63) is 83.9 Å². The van der Waals surface area contributed by atoms with Crippen molar-refractivity contribution >= 4 is 17.2 Å². The summed E-state index contributed by atoms with van der Waals surface area (Å²) in [4.78, 5) is 17.0. The third-order valence-corrected chi connectivity index (χ3v) is 4.68. The van der Waals surface area contributed by atoms with Crippen molar-refractivity contribution in [2.45, 2.75) is 13.8 Å². The largest absolute Gasteiger partial charge is 0.481 e. The summed E-state index contributed by atoms with van der Waals surface area (Å²) in [6.07, 6.45) is 3.91. The molecule has 2 heterocycles. The SMILES string of the molecule is Cc1ccc(-c2cn3cccc(C)c3n2)cc1NC(=O)COc1ccccc1F. The Morgan fingerprint density at radius 2 is 1.93 bits per heavy atom. The molecule has 4 aromatic rings. The number of rotatable bonds is 5. The number of aryl methyl sites for hydroxylation is 2. The van der Waals surface area contributed by atoms with Crippen molar-refractivity contribution in [2.75, 3.05) is 11.9 Å². The van der Waals surface area contributed by atoms with Crippen LogP contribution in [0.4, 0.5) is 10.1 Å². The second kappa shape index (κ2) is 7.75. The molecule has 4 rings (SSSR count). The lowest BCUT2D eigenvalue weighted by molar-refractivity contribution is -0.118. The van der Waals surface area contributed by atoms with Gasteiger partial charge in [0.1, 0.15) is 5.65 Å². The van der Waals surface area contributed by atoms with Crippen LogP contribution in [-0.2, 0) is 4.79 Å². The summed E-state index contributed by atoms with van der Waals surface area (Å²) in [5, 5.41) is 2.83. The number of imidazole rings is 1.